The minimum Gasteiger partial charge on any atom is -0.382 e. The van der Waals surface area contributed by atoms with Crippen molar-refractivity contribution in [2.24, 2.45) is 0 Å². The van der Waals surface area contributed by atoms with Crippen molar-refractivity contribution in [2.75, 3.05) is 11.1 Å². The first-order valence-electron chi connectivity index (χ1n) is 10.1. The van der Waals surface area contributed by atoms with E-state index in [1.54, 1.807) is 35.9 Å². The number of fused-ring (bicyclic) bond motifs is 2. The molecular weight excluding hydrogens is 488 g/mol. The molecule has 0 unspecified atom stereocenters. The van der Waals surface area contributed by atoms with Gasteiger partial charge in [0.15, 0.2) is 0 Å². The number of amides is 1. The van der Waals surface area contributed by atoms with Crippen LogP contribution in [0, 0.1) is 12.7 Å². The first-order valence-corrected chi connectivity index (χ1v) is 10.5. The summed E-state index contributed by atoms with van der Waals surface area (Å²) >= 11 is 6.65. The van der Waals surface area contributed by atoms with E-state index in [9.17, 15) is 22.4 Å². The molecule has 35 heavy (non-hydrogen) atoms. The number of imidazole rings is 1. The van der Waals surface area contributed by atoms with Crippen LogP contribution in [0.15, 0.2) is 48.9 Å². The highest BCUT2D eigenvalue weighted by Crippen LogP contribution is 2.38. The van der Waals surface area contributed by atoms with Gasteiger partial charge >= 0.3 is 6.18 Å². The van der Waals surface area contributed by atoms with Crippen LogP contribution < -0.4 is 11.1 Å². The Morgan fingerprint density at radius 1 is 1.23 bits per heavy atom. The maximum Gasteiger partial charge on any atom is 0.416 e. The third-order valence-electron chi connectivity index (χ3n) is 5.59. The molecule has 12 heteroatoms. The van der Waals surface area contributed by atoms with Crippen molar-refractivity contribution in [3.8, 4) is 11.3 Å². The zero-order valence-corrected chi connectivity index (χ0v) is 18.6. The van der Waals surface area contributed by atoms with Crippen LogP contribution >= 0.6 is 11.6 Å². The zero-order valence-electron chi connectivity index (χ0n) is 17.8. The Kier molecular flexibility index (Phi) is 5.17. The fraction of sp³-hybridized carbons (Fsp3) is 0.0870. The van der Waals surface area contributed by atoms with Gasteiger partial charge in [-0.25, -0.2) is 14.4 Å². The molecule has 178 valence electrons. The standard InChI is InChI=1S/C23H15ClF4N6O/c1-10-32-19(20-21(29)30-6-7-34(10)20)13-4-3-12-14(9-31-18(12)17(13)24)22(35)33-16-8-11(23(26,27)28)2-5-15(16)25/h2-9,31H,1H3,(H2,29,30)(H,33,35). The van der Waals surface area contributed by atoms with E-state index in [1.807, 2.05) is 0 Å². The Morgan fingerprint density at radius 2 is 2.00 bits per heavy atom. The first-order chi connectivity index (χ1) is 16.6. The minimum atomic E-state index is -4.69. The van der Waals surface area contributed by atoms with E-state index in [4.69, 9.17) is 17.3 Å². The highest BCUT2D eigenvalue weighted by Gasteiger charge is 2.31. The number of halogens is 5. The van der Waals surface area contributed by atoms with Gasteiger partial charge < -0.3 is 16.0 Å². The lowest BCUT2D eigenvalue weighted by Crippen LogP contribution is -2.14. The molecule has 5 aromatic rings. The van der Waals surface area contributed by atoms with Crippen LogP contribution in [0.5, 0.6) is 0 Å². The summed E-state index contributed by atoms with van der Waals surface area (Å²) in [6.45, 7) is 1.80. The summed E-state index contributed by atoms with van der Waals surface area (Å²) in [6, 6.07) is 5.04. The van der Waals surface area contributed by atoms with Gasteiger partial charge in [-0.3, -0.25) is 9.20 Å². The highest BCUT2D eigenvalue weighted by molar-refractivity contribution is 6.38. The number of nitrogens with zero attached hydrogens (tertiary/aromatic N) is 3. The number of anilines is 2. The van der Waals surface area contributed by atoms with E-state index in [2.05, 4.69) is 20.3 Å². The number of H-pyrrole nitrogens is 1. The molecule has 0 aliphatic rings. The quantitative estimate of drug-likeness (QED) is 0.270. The molecule has 1 amide bonds. The Labute approximate surface area is 199 Å². The molecule has 2 aromatic carbocycles. The van der Waals surface area contributed by atoms with Crippen LogP contribution in [0.2, 0.25) is 5.02 Å². The lowest BCUT2D eigenvalue weighted by molar-refractivity contribution is -0.137. The third-order valence-corrected chi connectivity index (χ3v) is 5.99. The number of aryl methyl sites for hydroxylation is 1. The predicted octanol–water partition coefficient (Wildman–Crippen LogP) is 5.83. The summed E-state index contributed by atoms with van der Waals surface area (Å²) in [7, 11) is 0. The summed E-state index contributed by atoms with van der Waals surface area (Å²) in [5.41, 5.74) is 6.43. The monoisotopic (exact) mass is 502 g/mol. The van der Waals surface area contributed by atoms with Gasteiger partial charge in [0, 0.05) is 29.5 Å². The average molecular weight is 503 g/mol. The number of rotatable bonds is 3. The van der Waals surface area contributed by atoms with E-state index in [0.29, 0.717) is 51.7 Å². The van der Waals surface area contributed by atoms with Crippen molar-refractivity contribution in [3.05, 3.63) is 76.7 Å². The Morgan fingerprint density at radius 3 is 2.74 bits per heavy atom. The Bertz CT molecular complexity index is 1640. The van der Waals surface area contributed by atoms with Gasteiger partial charge in [0.05, 0.1) is 27.4 Å². The molecule has 7 nitrogen and oxygen atoms in total. The molecule has 0 bridgehead atoms. The van der Waals surface area contributed by atoms with Gasteiger partial charge in [0.25, 0.3) is 5.91 Å². The molecule has 3 heterocycles. The number of nitrogens with two attached hydrogens (primary N) is 1. The first kappa shape index (κ1) is 22.7. The fourth-order valence-corrected chi connectivity index (χ4v) is 4.23. The van der Waals surface area contributed by atoms with Crippen LogP contribution in [0.4, 0.5) is 29.1 Å². The second-order valence-corrected chi connectivity index (χ2v) is 8.12. The molecule has 0 saturated carbocycles. The summed E-state index contributed by atoms with van der Waals surface area (Å²) in [4.78, 5) is 24.4. The highest BCUT2D eigenvalue weighted by atomic mass is 35.5. The van der Waals surface area contributed by atoms with E-state index >= 15 is 0 Å². The molecule has 5 rings (SSSR count). The normalized spacial score (nSPS) is 11.9. The number of hydrogen-bond donors (Lipinski definition) is 3. The van der Waals surface area contributed by atoms with Crippen molar-refractivity contribution in [2.45, 2.75) is 13.1 Å². The van der Waals surface area contributed by atoms with E-state index in [-0.39, 0.29) is 16.4 Å². The molecule has 4 N–H and O–H groups in total. The molecule has 0 fully saturated rings. The van der Waals surface area contributed by atoms with Crippen molar-refractivity contribution < 1.29 is 22.4 Å². The van der Waals surface area contributed by atoms with Gasteiger partial charge in [0.1, 0.15) is 28.7 Å². The minimum absolute atomic E-state index is 0.0670. The van der Waals surface area contributed by atoms with Gasteiger partial charge in [-0.2, -0.15) is 13.2 Å². The smallest absolute Gasteiger partial charge is 0.382 e. The number of hydrogen-bond acceptors (Lipinski definition) is 4. The van der Waals surface area contributed by atoms with E-state index in [1.165, 1.54) is 6.20 Å². The second kappa shape index (κ2) is 7.98. The molecule has 3 aromatic heterocycles. The molecule has 0 atom stereocenters. The van der Waals surface area contributed by atoms with Crippen LogP contribution in [-0.2, 0) is 6.18 Å². The Hall–Kier alpha value is -4.12. The number of benzene rings is 2. The second-order valence-electron chi connectivity index (χ2n) is 7.74. The zero-order chi connectivity index (χ0) is 25.1. The molecule has 0 spiro atoms. The lowest BCUT2D eigenvalue weighted by atomic mass is 10.1. The number of nitrogen functional groups attached to an aromatic ring is 1. The number of carbonyl (C=O) groups excluding carboxylic acids is 1. The predicted molar refractivity (Wildman–Crippen MR) is 124 cm³/mol. The number of alkyl halides is 3. The largest absolute Gasteiger partial charge is 0.416 e. The number of aromatic nitrogens is 4. The SMILES string of the molecule is Cc1nc(-c2ccc3c(C(=O)Nc4cc(C(F)(F)F)ccc4F)c[nH]c3c2Cl)c2c(N)nccn12. The van der Waals surface area contributed by atoms with Crippen LogP contribution in [0.25, 0.3) is 27.7 Å². The van der Waals surface area contributed by atoms with Crippen LogP contribution in [-0.4, -0.2) is 25.3 Å². The number of aromatic amines is 1. The van der Waals surface area contributed by atoms with E-state index in [0.717, 1.165) is 0 Å². The van der Waals surface area contributed by atoms with Crippen molar-refractivity contribution in [3.63, 3.8) is 0 Å². The summed E-state index contributed by atoms with van der Waals surface area (Å²) in [5, 5.41) is 2.83. The topological polar surface area (TPSA) is 101 Å². The maximum atomic E-state index is 14.1. The fourth-order valence-electron chi connectivity index (χ4n) is 3.92. The van der Waals surface area contributed by atoms with Crippen molar-refractivity contribution in [1.29, 1.82) is 0 Å². The maximum absolute atomic E-state index is 14.1. The number of carbonyl (C=O) groups is 1. The van der Waals surface area contributed by atoms with Crippen LogP contribution in [0.3, 0.4) is 0 Å². The van der Waals surface area contributed by atoms with Gasteiger partial charge in [0.2, 0.25) is 0 Å². The molecule has 0 saturated heterocycles. The van der Waals surface area contributed by atoms with Crippen molar-refractivity contribution in [1.82, 2.24) is 19.4 Å². The van der Waals surface area contributed by atoms with Gasteiger partial charge in [-0.1, -0.05) is 23.7 Å². The summed E-state index contributed by atoms with van der Waals surface area (Å²) < 4.78 is 54.9. The number of nitrogens with one attached hydrogen (secondary N) is 2. The third kappa shape index (κ3) is 3.73. The molecular formula is C23H15ClF4N6O. The summed E-state index contributed by atoms with van der Waals surface area (Å²) in [6.07, 6.45) is -0.0806. The average Bonchev–Trinajstić information content (AvgIpc) is 3.38. The van der Waals surface area contributed by atoms with Gasteiger partial charge in [-0.15, -0.1) is 0 Å². The van der Waals surface area contributed by atoms with E-state index < -0.39 is 29.2 Å². The molecule has 0 radical (unpaired) electrons. The lowest BCUT2D eigenvalue weighted by Gasteiger charge is -2.11. The molecule has 0 aliphatic carbocycles. The van der Waals surface area contributed by atoms with Crippen LogP contribution in [0.1, 0.15) is 21.7 Å². The van der Waals surface area contributed by atoms with Crippen molar-refractivity contribution >= 4 is 45.4 Å². The summed E-state index contributed by atoms with van der Waals surface area (Å²) in [5.74, 6) is -0.890. The van der Waals surface area contributed by atoms with Gasteiger partial charge in [-0.05, 0) is 25.1 Å². The molecule has 0 aliphatic heterocycles. The Balaban J connectivity index is 1.55.